The van der Waals surface area contributed by atoms with E-state index in [0.717, 1.165) is 42.0 Å². The summed E-state index contributed by atoms with van der Waals surface area (Å²) < 4.78 is 17.8. The second-order valence-electron chi connectivity index (χ2n) is 11.8. The minimum atomic E-state index is -1.37. The molecule has 7 rings (SSSR count). The number of nitrogens with zero attached hydrogens (tertiary/aromatic N) is 4. The van der Waals surface area contributed by atoms with E-state index < -0.39 is 18.0 Å². The van der Waals surface area contributed by atoms with Crippen LogP contribution in [0.4, 0.5) is 10.5 Å². The number of methoxy groups -OCH3 is 2. The number of anilines is 1. The number of aromatic carboxylic acids is 1. The number of benzene rings is 1. The van der Waals surface area contributed by atoms with Crippen LogP contribution in [0.15, 0.2) is 61.2 Å². The van der Waals surface area contributed by atoms with Gasteiger partial charge in [0.1, 0.15) is 16.1 Å². The van der Waals surface area contributed by atoms with E-state index in [4.69, 9.17) is 37.4 Å². The van der Waals surface area contributed by atoms with E-state index in [1.807, 2.05) is 6.07 Å². The number of halogens is 2. The van der Waals surface area contributed by atoms with E-state index in [1.54, 1.807) is 42.7 Å². The maximum atomic E-state index is 13.8. The van der Waals surface area contributed by atoms with Crippen LogP contribution in [-0.2, 0) is 17.7 Å². The number of rotatable bonds is 11. The number of fused-ring (bicyclic) bond motifs is 3. The van der Waals surface area contributed by atoms with E-state index in [2.05, 4.69) is 9.88 Å². The van der Waals surface area contributed by atoms with Crippen molar-refractivity contribution < 1.29 is 38.8 Å². The van der Waals surface area contributed by atoms with Crippen molar-refractivity contribution in [3.8, 4) is 11.5 Å². The molecule has 0 radical (unpaired) electrons. The van der Waals surface area contributed by atoms with Crippen molar-refractivity contribution >= 4 is 52.3 Å². The molecule has 3 fully saturated rings. The van der Waals surface area contributed by atoms with Crippen LogP contribution < -0.4 is 24.2 Å². The Balaban J connectivity index is 1.39. The Morgan fingerprint density at radius 1 is 1.12 bits per heavy atom. The van der Waals surface area contributed by atoms with Gasteiger partial charge in [-0.25, -0.2) is 4.79 Å². The molecule has 3 saturated heterocycles. The van der Waals surface area contributed by atoms with Crippen LogP contribution in [0.3, 0.4) is 0 Å². The first-order chi connectivity index (χ1) is 23.1. The average molecular weight is 714 g/mol. The van der Waals surface area contributed by atoms with Gasteiger partial charge in [0.15, 0.2) is 11.5 Å². The van der Waals surface area contributed by atoms with Crippen LogP contribution in [0.2, 0.25) is 10.0 Å². The van der Waals surface area contributed by atoms with Crippen LogP contribution >= 0.6 is 34.5 Å². The normalized spacial score (nSPS) is 19.0. The number of amides is 1. The summed E-state index contributed by atoms with van der Waals surface area (Å²) in [6, 6.07) is 10.6. The quantitative estimate of drug-likeness (QED) is 0.169. The van der Waals surface area contributed by atoms with Crippen molar-refractivity contribution in [2.45, 2.75) is 37.8 Å². The zero-order valence-electron chi connectivity index (χ0n) is 26.3. The lowest BCUT2D eigenvalue weighted by Gasteiger charge is -2.44. The van der Waals surface area contributed by atoms with Crippen LogP contribution in [-0.4, -0.2) is 67.1 Å². The highest BCUT2D eigenvalue weighted by atomic mass is 35.5. The summed E-state index contributed by atoms with van der Waals surface area (Å²) in [6.45, 7) is 2.75. The van der Waals surface area contributed by atoms with Crippen molar-refractivity contribution in [3.05, 3.63) is 97.7 Å². The lowest BCUT2D eigenvalue weighted by atomic mass is 9.85. The number of carboxylic acid groups (broad SMARTS) is 1. The van der Waals surface area contributed by atoms with Crippen LogP contribution in [0.1, 0.15) is 50.0 Å². The summed E-state index contributed by atoms with van der Waals surface area (Å²) in [5, 5.41) is 23.1. The van der Waals surface area contributed by atoms with E-state index in [9.17, 15) is 19.9 Å². The van der Waals surface area contributed by atoms with Gasteiger partial charge in [-0.05, 0) is 79.7 Å². The third-order valence-corrected chi connectivity index (χ3v) is 10.8. The summed E-state index contributed by atoms with van der Waals surface area (Å²) in [5.74, 6) is -0.725. The highest BCUT2D eigenvalue weighted by Gasteiger charge is 2.38. The first-order valence-corrected chi connectivity index (χ1v) is 17.0. The van der Waals surface area contributed by atoms with Gasteiger partial charge >= 0.3 is 6.09 Å². The van der Waals surface area contributed by atoms with Crippen LogP contribution in [0.5, 0.6) is 11.5 Å². The van der Waals surface area contributed by atoms with Gasteiger partial charge in [-0.2, -0.15) is 0 Å². The average Bonchev–Trinajstić information content (AvgIpc) is 3.51. The molecule has 0 spiro atoms. The van der Waals surface area contributed by atoms with Crippen molar-refractivity contribution in [3.63, 3.8) is 0 Å². The van der Waals surface area contributed by atoms with Gasteiger partial charge in [0.25, 0.3) is 0 Å². The molecular formula is C34H34Cl2N4O7S. The second kappa shape index (κ2) is 14.6. The largest absolute Gasteiger partial charge is 0.544 e. The number of carbonyl (C=O) groups is 2. The molecular weight excluding hydrogens is 679 g/mol. The Bertz CT molecular complexity index is 1780. The fourth-order valence-corrected chi connectivity index (χ4v) is 8.19. The van der Waals surface area contributed by atoms with Crippen LogP contribution in [0, 0.1) is 5.92 Å². The maximum Gasteiger partial charge on any atom is 0.415 e. The maximum absolute atomic E-state index is 13.8. The smallest absolute Gasteiger partial charge is 0.415 e. The third kappa shape index (κ3) is 7.17. The molecule has 1 N–H and O–H groups in total. The second-order valence-corrected chi connectivity index (χ2v) is 13.8. The summed E-state index contributed by atoms with van der Waals surface area (Å²) >= 11 is 14.1. The topological polar surface area (TPSA) is 128 Å². The van der Waals surface area contributed by atoms with Gasteiger partial charge in [-0.15, -0.1) is 11.3 Å². The van der Waals surface area contributed by atoms with E-state index in [1.165, 1.54) is 31.5 Å². The van der Waals surface area contributed by atoms with Crippen molar-refractivity contribution in [1.82, 2.24) is 9.88 Å². The molecule has 3 aliphatic rings. The Morgan fingerprint density at radius 3 is 2.46 bits per heavy atom. The number of hydrogen-bond donors (Lipinski definition) is 1. The Kier molecular flexibility index (Phi) is 10.3. The first-order valence-electron chi connectivity index (χ1n) is 15.4. The molecule has 252 valence electrons. The number of carbonyl (C=O) groups excluding carboxylic acids is 2. The lowest BCUT2D eigenvalue weighted by molar-refractivity contribution is -0.904. The zero-order chi connectivity index (χ0) is 33.9. The molecule has 6 heterocycles. The van der Waals surface area contributed by atoms with Gasteiger partial charge in [0, 0.05) is 33.8 Å². The molecule has 11 nitrogen and oxygen atoms in total. The molecule has 0 aliphatic carbocycles. The Hall–Kier alpha value is -4.10. The van der Waals surface area contributed by atoms with Crippen LogP contribution in [0.25, 0.3) is 0 Å². The fourth-order valence-electron chi connectivity index (χ4n) is 6.54. The van der Waals surface area contributed by atoms with Gasteiger partial charge in [-0.3, -0.25) is 20.0 Å². The number of ether oxygens (including phenoxy) is 3. The minimum Gasteiger partial charge on any atom is -0.544 e. The van der Waals surface area contributed by atoms with Crippen molar-refractivity contribution in [2.75, 3.05) is 38.8 Å². The molecule has 3 aliphatic heterocycles. The van der Waals surface area contributed by atoms with Gasteiger partial charge in [0.05, 0.1) is 43.5 Å². The standard InChI is InChI=1S/C34H34Cl2N4O7S/c1-45-29-6-5-21(12-30(29)46-2)24(14-26-27(35)17-39(44)18-28(26)36)25-13-23(48-32(25)33(41)42)16-40(22-4-3-9-37-15-22)34(43)47-31-19-38-10-7-20(31)8-11-38/h3-6,9,12-13,15,17-18,20,24,31H,7-8,10-11,14,16,19H2,1-2H3,(H-,41,42,44)/t24-,31-/m0/s1. The van der Waals surface area contributed by atoms with Gasteiger partial charge in [0.2, 0.25) is 12.4 Å². The number of thiophene rings is 1. The van der Waals surface area contributed by atoms with Crippen molar-refractivity contribution in [1.29, 1.82) is 0 Å². The predicted octanol–water partition coefficient (Wildman–Crippen LogP) is 4.97. The number of piperidine rings is 3. The molecule has 4 aromatic rings. The molecule has 1 aromatic carbocycles. The molecule has 3 aromatic heterocycles. The minimum absolute atomic E-state index is 0.0120. The number of hydrogen-bond acceptors (Lipinski definition) is 10. The van der Waals surface area contributed by atoms with E-state index in [0.29, 0.717) is 51.2 Å². The SMILES string of the molecule is COc1ccc([C@H](Cc2c(Cl)c[n+](O)cc2Cl)c2cc(CN(C(=O)O[C@H]3CN4CCC3CC4)c3cccnc3)sc2C(=O)[O-])cc1OC. The molecule has 0 saturated carbocycles. The van der Waals surface area contributed by atoms with E-state index in [-0.39, 0.29) is 34.0 Å². The molecule has 1 amide bonds. The Morgan fingerprint density at radius 2 is 1.85 bits per heavy atom. The highest BCUT2D eigenvalue weighted by Crippen LogP contribution is 2.41. The van der Waals surface area contributed by atoms with E-state index >= 15 is 0 Å². The van der Waals surface area contributed by atoms with Crippen molar-refractivity contribution in [2.24, 2.45) is 5.92 Å². The molecule has 2 atom stereocenters. The molecule has 48 heavy (non-hydrogen) atoms. The number of pyridine rings is 2. The first kappa shape index (κ1) is 33.8. The Labute approximate surface area is 291 Å². The molecule has 14 heteroatoms. The summed E-state index contributed by atoms with van der Waals surface area (Å²) in [6.07, 6.45) is 7.19. The third-order valence-electron chi connectivity index (χ3n) is 9.00. The molecule has 2 bridgehead atoms. The van der Waals surface area contributed by atoms with Gasteiger partial charge < -0.3 is 24.1 Å². The predicted molar refractivity (Wildman–Crippen MR) is 177 cm³/mol. The fraction of sp³-hybridized carbons (Fsp3) is 0.353. The number of carboxylic acids is 1. The zero-order valence-corrected chi connectivity index (χ0v) is 28.6. The summed E-state index contributed by atoms with van der Waals surface area (Å²) in [4.78, 5) is 35.1. The highest BCUT2D eigenvalue weighted by molar-refractivity contribution is 7.14. The summed E-state index contributed by atoms with van der Waals surface area (Å²) in [5.41, 5.74) is 2.15. The number of aromatic nitrogens is 2. The molecule has 0 unspecified atom stereocenters. The summed E-state index contributed by atoms with van der Waals surface area (Å²) in [7, 11) is 3.04. The lowest BCUT2D eigenvalue weighted by Crippen LogP contribution is -2.53. The van der Waals surface area contributed by atoms with Gasteiger partial charge in [-0.1, -0.05) is 29.3 Å². The monoisotopic (exact) mass is 712 g/mol.